The molecule has 0 aliphatic heterocycles. The van der Waals surface area contributed by atoms with Crippen LogP contribution in [0.3, 0.4) is 0 Å². The summed E-state index contributed by atoms with van der Waals surface area (Å²) >= 11 is 1.34. The molecule has 4 nitrogen and oxygen atoms in total. The maximum absolute atomic E-state index is 12.2. The zero-order valence-electron chi connectivity index (χ0n) is 11.5. The Balaban J connectivity index is 1.85. The highest BCUT2D eigenvalue weighted by molar-refractivity contribution is 7.12. The third-order valence-electron chi connectivity index (χ3n) is 3.80. The van der Waals surface area contributed by atoms with Crippen molar-refractivity contribution in [2.45, 2.75) is 25.4 Å². The molecule has 3 rings (SSSR count). The summed E-state index contributed by atoms with van der Waals surface area (Å²) in [7, 11) is 0. The van der Waals surface area contributed by atoms with Gasteiger partial charge in [-0.15, -0.1) is 11.3 Å². The molecule has 0 bridgehead atoms. The number of primary amides is 1. The molecule has 108 valence electrons. The van der Waals surface area contributed by atoms with Crippen molar-refractivity contribution in [3.8, 4) is 0 Å². The number of benzene rings is 1. The van der Waals surface area contributed by atoms with E-state index in [1.807, 2.05) is 42.6 Å². The lowest BCUT2D eigenvalue weighted by Crippen LogP contribution is -2.32. The quantitative estimate of drug-likeness (QED) is 0.885. The molecular weight excluding hydrogens is 286 g/mol. The molecule has 1 aromatic carbocycles. The van der Waals surface area contributed by atoms with Crippen molar-refractivity contribution in [1.29, 1.82) is 0 Å². The van der Waals surface area contributed by atoms with Gasteiger partial charge in [0.2, 0.25) is 5.91 Å². The van der Waals surface area contributed by atoms with Crippen molar-refractivity contribution in [2.24, 2.45) is 5.73 Å². The lowest BCUT2D eigenvalue weighted by atomic mass is 9.99. The van der Waals surface area contributed by atoms with Crippen LogP contribution in [0.5, 0.6) is 0 Å². The van der Waals surface area contributed by atoms with Crippen LogP contribution in [-0.4, -0.2) is 18.0 Å². The number of aryl methyl sites for hydroxylation is 1. The molecule has 1 aliphatic carbocycles. The molecule has 1 aromatic heterocycles. The first-order chi connectivity index (χ1) is 10.1. The maximum Gasteiger partial charge on any atom is 0.348 e. The van der Waals surface area contributed by atoms with Gasteiger partial charge in [0.25, 0.3) is 0 Å². The second-order valence-electron chi connectivity index (χ2n) is 5.16. The Kier molecular flexibility index (Phi) is 3.51. The van der Waals surface area contributed by atoms with E-state index in [4.69, 9.17) is 10.5 Å². The van der Waals surface area contributed by atoms with Crippen molar-refractivity contribution >= 4 is 23.2 Å². The molecule has 0 radical (unpaired) electrons. The van der Waals surface area contributed by atoms with Gasteiger partial charge in [-0.1, -0.05) is 24.3 Å². The number of esters is 1. The number of fused-ring (bicyclic) bond motifs is 1. The van der Waals surface area contributed by atoms with E-state index in [1.54, 1.807) is 0 Å². The number of thiophene rings is 1. The zero-order valence-corrected chi connectivity index (χ0v) is 12.4. The van der Waals surface area contributed by atoms with Crippen molar-refractivity contribution in [2.75, 3.05) is 0 Å². The SMILES string of the molecule is Cc1ccsc1C(=O)OC1Cc2ccccc2C1C(N)=O. The lowest BCUT2D eigenvalue weighted by Gasteiger charge is -2.18. The largest absolute Gasteiger partial charge is 0.457 e. The van der Waals surface area contributed by atoms with Gasteiger partial charge in [0, 0.05) is 6.42 Å². The molecule has 2 unspecified atom stereocenters. The Hall–Kier alpha value is -2.14. The lowest BCUT2D eigenvalue weighted by molar-refractivity contribution is -0.121. The standard InChI is InChI=1S/C16H15NO3S/c1-9-6-7-21-14(9)16(19)20-12-8-10-4-2-3-5-11(10)13(12)15(17)18/h2-7,12-13H,8H2,1H3,(H2,17,18). The fourth-order valence-corrected chi connectivity index (χ4v) is 3.58. The Morgan fingerprint density at radius 3 is 2.71 bits per heavy atom. The minimum Gasteiger partial charge on any atom is -0.457 e. The molecule has 0 saturated heterocycles. The third kappa shape index (κ3) is 2.45. The van der Waals surface area contributed by atoms with E-state index in [2.05, 4.69) is 0 Å². The van der Waals surface area contributed by atoms with E-state index in [0.717, 1.165) is 16.7 Å². The van der Waals surface area contributed by atoms with Crippen LogP contribution in [0.15, 0.2) is 35.7 Å². The minimum absolute atomic E-state index is 0.383. The van der Waals surface area contributed by atoms with Gasteiger partial charge in [-0.05, 0) is 35.1 Å². The number of carbonyl (C=O) groups excluding carboxylic acids is 2. The Labute approximate surface area is 126 Å². The van der Waals surface area contributed by atoms with Gasteiger partial charge >= 0.3 is 5.97 Å². The molecule has 0 fully saturated rings. The van der Waals surface area contributed by atoms with Crippen LogP contribution in [0.25, 0.3) is 0 Å². The summed E-state index contributed by atoms with van der Waals surface area (Å²) in [5, 5.41) is 1.85. The molecule has 1 aliphatic rings. The molecule has 2 aromatic rings. The van der Waals surface area contributed by atoms with Gasteiger partial charge in [0.1, 0.15) is 16.9 Å². The molecule has 5 heteroatoms. The van der Waals surface area contributed by atoms with Crippen LogP contribution in [0.2, 0.25) is 0 Å². The second-order valence-corrected chi connectivity index (χ2v) is 6.08. The van der Waals surface area contributed by atoms with Crippen molar-refractivity contribution in [3.63, 3.8) is 0 Å². The Morgan fingerprint density at radius 2 is 2.05 bits per heavy atom. The van der Waals surface area contributed by atoms with E-state index in [-0.39, 0.29) is 5.97 Å². The van der Waals surface area contributed by atoms with Gasteiger partial charge < -0.3 is 10.5 Å². The number of carbonyl (C=O) groups is 2. The van der Waals surface area contributed by atoms with Crippen molar-refractivity contribution < 1.29 is 14.3 Å². The minimum atomic E-state index is -0.564. The predicted octanol–water partition coefficient (Wildman–Crippen LogP) is 2.41. The summed E-state index contributed by atoms with van der Waals surface area (Å²) in [5.74, 6) is -1.40. The summed E-state index contributed by atoms with van der Waals surface area (Å²) in [5.41, 5.74) is 8.27. The number of ether oxygens (including phenoxy) is 1. The average Bonchev–Trinajstić information content (AvgIpc) is 3.01. The number of rotatable bonds is 3. The number of hydrogen-bond donors (Lipinski definition) is 1. The monoisotopic (exact) mass is 301 g/mol. The summed E-state index contributed by atoms with van der Waals surface area (Å²) < 4.78 is 5.56. The summed E-state index contributed by atoms with van der Waals surface area (Å²) in [6.45, 7) is 1.86. The normalized spacial score (nSPS) is 20.0. The number of amides is 1. The maximum atomic E-state index is 12.2. The van der Waals surface area contributed by atoms with Crippen molar-refractivity contribution in [1.82, 2.24) is 0 Å². The molecule has 2 N–H and O–H groups in total. The van der Waals surface area contributed by atoms with Gasteiger partial charge in [-0.2, -0.15) is 0 Å². The third-order valence-corrected chi connectivity index (χ3v) is 4.79. The average molecular weight is 301 g/mol. The fraction of sp³-hybridized carbons (Fsp3) is 0.250. The van der Waals surface area contributed by atoms with Crippen molar-refractivity contribution in [3.05, 3.63) is 57.3 Å². The fourth-order valence-electron chi connectivity index (χ4n) is 2.78. The first-order valence-electron chi connectivity index (χ1n) is 6.70. The summed E-state index contributed by atoms with van der Waals surface area (Å²) in [4.78, 5) is 24.6. The number of nitrogens with two attached hydrogens (primary N) is 1. The van der Waals surface area contributed by atoms with E-state index < -0.39 is 17.9 Å². The predicted molar refractivity (Wildman–Crippen MR) is 80.3 cm³/mol. The highest BCUT2D eigenvalue weighted by Crippen LogP contribution is 2.35. The first-order valence-corrected chi connectivity index (χ1v) is 7.58. The van der Waals surface area contributed by atoms with E-state index in [0.29, 0.717) is 11.3 Å². The van der Waals surface area contributed by atoms with Crippen LogP contribution in [0, 0.1) is 6.92 Å². The molecule has 1 amide bonds. The van der Waals surface area contributed by atoms with E-state index in [1.165, 1.54) is 11.3 Å². The topological polar surface area (TPSA) is 69.4 Å². The van der Waals surface area contributed by atoms with Crippen LogP contribution in [-0.2, 0) is 16.0 Å². The van der Waals surface area contributed by atoms with Gasteiger partial charge in [-0.3, -0.25) is 4.79 Å². The second kappa shape index (κ2) is 5.33. The highest BCUT2D eigenvalue weighted by Gasteiger charge is 2.39. The Morgan fingerprint density at radius 1 is 1.29 bits per heavy atom. The van der Waals surface area contributed by atoms with Gasteiger partial charge in [-0.25, -0.2) is 4.79 Å². The van der Waals surface area contributed by atoms with Gasteiger partial charge in [0.05, 0.1) is 0 Å². The molecule has 0 saturated carbocycles. The van der Waals surface area contributed by atoms with Crippen LogP contribution < -0.4 is 5.73 Å². The Bertz CT molecular complexity index is 707. The summed E-state index contributed by atoms with van der Waals surface area (Å²) in [6, 6.07) is 9.45. The zero-order chi connectivity index (χ0) is 15.0. The van der Waals surface area contributed by atoms with Crippen LogP contribution in [0.1, 0.15) is 32.3 Å². The summed E-state index contributed by atoms with van der Waals surface area (Å²) in [6.07, 6.45) is 0.00818. The molecule has 21 heavy (non-hydrogen) atoms. The number of hydrogen-bond acceptors (Lipinski definition) is 4. The van der Waals surface area contributed by atoms with Crippen LogP contribution in [0.4, 0.5) is 0 Å². The smallest absolute Gasteiger partial charge is 0.348 e. The highest BCUT2D eigenvalue weighted by atomic mass is 32.1. The molecule has 1 heterocycles. The first kappa shape index (κ1) is 13.8. The van der Waals surface area contributed by atoms with E-state index >= 15 is 0 Å². The van der Waals surface area contributed by atoms with Gasteiger partial charge in [0.15, 0.2) is 0 Å². The molecule has 0 spiro atoms. The molecular formula is C16H15NO3S. The van der Waals surface area contributed by atoms with E-state index in [9.17, 15) is 9.59 Å². The molecule has 2 atom stereocenters. The van der Waals surface area contributed by atoms with Crippen LogP contribution >= 0.6 is 11.3 Å².